The molecule has 2 unspecified atom stereocenters. The monoisotopic (exact) mass is 325 g/mol. The SMILES string of the molecule is CC1CC(C)CN(C(=O)c2nn(C)c3c2COc2ccccc2-3)C1. The van der Waals surface area contributed by atoms with Crippen molar-refractivity contribution >= 4 is 5.91 Å². The Balaban J connectivity index is 1.73. The Labute approximate surface area is 142 Å². The van der Waals surface area contributed by atoms with E-state index >= 15 is 0 Å². The van der Waals surface area contributed by atoms with Gasteiger partial charge in [-0.1, -0.05) is 26.0 Å². The summed E-state index contributed by atoms with van der Waals surface area (Å²) >= 11 is 0. The fraction of sp³-hybridized carbons (Fsp3) is 0.474. The molecule has 4 rings (SSSR count). The molecule has 2 aromatic rings. The number of hydrogen-bond donors (Lipinski definition) is 0. The lowest BCUT2D eigenvalue weighted by Crippen LogP contribution is -2.43. The lowest BCUT2D eigenvalue weighted by atomic mass is 9.91. The first-order chi connectivity index (χ1) is 11.5. The molecule has 1 aromatic carbocycles. The molecule has 24 heavy (non-hydrogen) atoms. The summed E-state index contributed by atoms with van der Waals surface area (Å²) in [6.07, 6.45) is 1.18. The molecule has 2 aliphatic heterocycles. The quantitative estimate of drug-likeness (QED) is 0.809. The minimum Gasteiger partial charge on any atom is -0.488 e. The first-order valence-corrected chi connectivity index (χ1v) is 8.62. The lowest BCUT2D eigenvalue weighted by molar-refractivity contribution is 0.0614. The molecule has 2 atom stereocenters. The summed E-state index contributed by atoms with van der Waals surface area (Å²) in [6.45, 7) is 6.45. The number of aryl methyl sites for hydroxylation is 1. The van der Waals surface area contributed by atoms with Crippen LogP contribution in [-0.2, 0) is 13.7 Å². The van der Waals surface area contributed by atoms with Crippen molar-refractivity contribution in [3.8, 4) is 17.0 Å². The summed E-state index contributed by atoms with van der Waals surface area (Å²) in [5.41, 5.74) is 3.46. The molecule has 0 saturated carbocycles. The van der Waals surface area contributed by atoms with Crippen LogP contribution in [0.4, 0.5) is 0 Å². The number of carbonyl (C=O) groups excluding carboxylic acids is 1. The van der Waals surface area contributed by atoms with Crippen molar-refractivity contribution < 1.29 is 9.53 Å². The fourth-order valence-corrected chi connectivity index (χ4v) is 4.13. The van der Waals surface area contributed by atoms with Crippen LogP contribution in [0.5, 0.6) is 5.75 Å². The largest absolute Gasteiger partial charge is 0.488 e. The molecular weight excluding hydrogens is 302 g/mol. The molecule has 3 heterocycles. The second-order valence-electron chi connectivity index (χ2n) is 7.24. The molecule has 0 radical (unpaired) electrons. The van der Waals surface area contributed by atoms with Gasteiger partial charge < -0.3 is 9.64 Å². The summed E-state index contributed by atoms with van der Waals surface area (Å²) in [7, 11) is 1.90. The average Bonchev–Trinajstić information content (AvgIpc) is 2.90. The van der Waals surface area contributed by atoms with E-state index in [-0.39, 0.29) is 5.91 Å². The van der Waals surface area contributed by atoms with Crippen molar-refractivity contribution in [2.75, 3.05) is 13.1 Å². The van der Waals surface area contributed by atoms with E-state index in [1.165, 1.54) is 6.42 Å². The van der Waals surface area contributed by atoms with Crippen LogP contribution in [0.2, 0.25) is 0 Å². The highest BCUT2D eigenvalue weighted by molar-refractivity contribution is 5.96. The summed E-state index contributed by atoms with van der Waals surface area (Å²) in [4.78, 5) is 15.0. The van der Waals surface area contributed by atoms with Crippen LogP contribution >= 0.6 is 0 Å². The Kier molecular flexibility index (Phi) is 3.59. The molecule has 1 amide bonds. The zero-order valence-electron chi connectivity index (χ0n) is 14.5. The number of aromatic nitrogens is 2. The first kappa shape index (κ1) is 15.2. The van der Waals surface area contributed by atoms with Crippen molar-refractivity contribution in [2.24, 2.45) is 18.9 Å². The maximum Gasteiger partial charge on any atom is 0.274 e. The van der Waals surface area contributed by atoms with Crippen LogP contribution in [0.25, 0.3) is 11.3 Å². The molecule has 1 saturated heterocycles. The predicted molar refractivity (Wildman–Crippen MR) is 91.8 cm³/mol. The van der Waals surface area contributed by atoms with Gasteiger partial charge in [-0.2, -0.15) is 5.10 Å². The van der Waals surface area contributed by atoms with Gasteiger partial charge in [-0.3, -0.25) is 9.48 Å². The molecule has 1 fully saturated rings. The van der Waals surface area contributed by atoms with Gasteiger partial charge in [0.05, 0.1) is 5.69 Å². The number of hydrogen-bond acceptors (Lipinski definition) is 3. The third kappa shape index (κ3) is 2.39. The molecule has 0 bridgehead atoms. The van der Waals surface area contributed by atoms with Crippen molar-refractivity contribution in [3.63, 3.8) is 0 Å². The smallest absolute Gasteiger partial charge is 0.274 e. The van der Waals surface area contributed by atoms with Gasteiger partial charge in [0.1, 0.15) is 12.4 Å². The standard InChI is InChI=1S/C19H23N3O2/c1-12-8-13(2)10-22(9-12)19(23)17-15-11-24-16-7-5-4-6-14(16)18(15)21(3)20-17/h4-7,12-13H,8-11H2,1-3H3. The summed E-state index contributed by atoms with van der Waals surface area (Å²) in [5.74, 6) is 1.96. The minimum atomic E-state index is 0.0354. The molecule has 0 aliphatic carbocycles. The Morgan fingerprint density at radius 1 is 1.21 bits per heavy atom. The second kappa shape index (κ2) is 5.65. The van der Waals surface area contributed by atoms with E-state index < -0.39 is 0 Å². The number of ether oxygens (including phenoxy) is 1. The van der Waals surface area contributed by atoms with E-state index in [0.29, 0.717) is 24.1 Å². The van der Waals surface area contributed by atoms with Crippen molar-refractivity contribution in [1.82, 2.24) is 14.7 Å². The van der Waals surface area contributed by atoms with Gasteiger partial charge in [0.2, 0.25) is 0 Å². The number of amides is 1. The van der Waals surface area contributed by atoms with Gasteiger partial charge in [-0.05, 0) is 30.4 Å². The molecule has 0 N–H and O–H groups in total. The number of carbonyl (C=O) groups is 1. The van der Waals surface area contributed by atoms with E-state index in [0.717, 1.165) is 35.7 Å². The molecule has 5 heteroatoms. The summed E-state index contributed by atoms with van der Waals surface area (Å²) in [6, 6.07) is 7.93. The lowest BCUT2D eigenvalue weighted by Gasteiger charge is -2.34. The number of fused-ring (bicyclic) bond motifs is 3. The van der Waals surface area contributed by atoms with Crippen LogP contribution in [0, 0.1) is 11.8 Å². The molecule has 0 spiro atoms. The summed E-state index contributed by atoms with van der Waals surface area (Å²) < 4.78 is 7.68. The zero-order valence-corrected chi connectivity index (χ0v) is 14.5. The van der Waals surface area contributed by atoms with Crippen LogP contribution < -0.4 is 4.74 Å². The second-order valence-corrected chi connectivity index (χ2v) is 7.24. The van der Waals surface area contributed by atoms with E-state index in [1.807, 2.05) is 40.9 Å². The normalized spacial score (nSPS) is 22.5. The Bertz CT molecular complexity index is 786. The van der Waals surface area contributed by atoms with E-state index in [9.17, 15) is 4.79 Å². The fourth-order valence-electron chi connectivity index (χ4n) is 4.13. The molecule has 126 valence electrons. The zero-order chi connectivity index (χ0) is 16.8. The maximum atomic E-state index is 13.1. The van der Waals surface area contributed by atoms with Crippen molar-refractivity contribution in [2.45, 2.75) is 26.9 Å². The number of likely N-dealkylation sites (tertiary alicyclic amines) is 1. The van der Waals surface area contributed by atoms with Crippen LogP contribution in [-0.4, -0.2) is 33.7 Å². The summed E-state index contributed by atoms with van der Waals surface area (Å²) in [5, 5.41) is 4.56. The highest BCUT2D eigenvalue weighted by Gasteiger charge is 2.33. The Morgan fingerprint density at radius 3 is 2.67 bits per heavy atom. The van der Waals surface area contributed by atoms with Gasteiger partial charge in [-0.15, -0.1) is 0 Å². The van der Waals surface area contributed by atoms with Gasteiger partial charge in [0.25, 0.3) is 5.91 Å². The molecule has 2 aliphatic rings. The van der Waals surface area contributed by atoms with E-state index in [4.69, 9.17) is 4.74 Å². The van der Waals surface area contributed by atoms with Crippen LogP contribution in [0.3, 0.4) is 0 Å². The predicted octanol–water partition coefficient (Wildman–Crippen LogP) is 3.10. The van der Waals surface area contributed by atoms with Gasteiger partial charge >= 0.3 is 0 Å². The Hall–Kier alpha value is -2.30. The van der Waals surface area contributed by atoms with Gasteiger partial charge in [-0.25, -0.2) is 0 Å². The molecule has 1 aromatic heterocycles. The third-order valence-corrected chi connectivity index (χ3v) is 5.02. The van der Waals surface area contributed by atoms with E-state index in [2.05, 4.69) is 18.9 Å². The Morgan fingerprint density at radius 2 is 1.92 bits per heavy atom. The number of rotatable bonds is 1. The van der Waals surface area contributed by atoms with Crippen molar-refractivity contribution in [1.29, 1.82) is 0 Å². The molecule has 5 nitrogen and oxygen atoms in total. The average molecular weight is 325 g/mol. The number of nitrogens with zero attached hydrogens (tertiary/aromatic N) is 3. The van der Waals surface area contributed by atoms with Gasteiger partial charge in [0.15, 0.2) is 5.69 Å². The van der Waals surface area contributed by atoms with Crippen LogP contribution in [0.1, 0.15) is 36.3 Å². The first-order valence-electron chi connectivity index (χ1n) is 8.62. The maximum absolute atomic E-state index is 13.1. The van der Waals surface area contributed by atoms with Crippen molar-refractivity contribution in [3.05, 3.63) is 35.5 Å². The number of piperidine rings is 1. The topological polar surface area (TPSA) is 47.4 Å². The van der Waals surface area contributed by atoms with Crippen LogP contribution in [0.15, 0.2) is 24.3 Å². The molecular formula is C19H23N3O2. The highest BCUT2D eigenvalue weighted by Crippen LogP contribution is 2.38. The van der Waals surface area contributed by atoms with Gasteiger partial charge in [0, 0.05) is 31.3 Å². The number of benzene rings is 1. The van der Waals surface area contributed by atoms with E-state index in [1.54, 1.807) is 0 Å². The minimum absolute atomic E-state index is 0.0354. The number of para-hydroxylation sites is 1. The third-order valence-electron chi connectivity index (χ3n) is 5.02. The highest BCUT2D eigenvalue weighted by atomic mass is 16.5.